The molecule has 10 heteroatoms. The quantitative estimate of drug-likeness (QED) is 0.0280. The van der Waals surface area contributed by atoms with Crippen LogP contribution in [0.5, 0.6) is 0 Å². The second kappa shape index (κ2) is 41.4. The zero-order chi connectivity index (χ0) is 41.9. The molecule has 2 unspecified atom stereocenters. The van der Waals surface area contributed by atoms with Crippen LogP contribution in [0.4, 0.5) is 0 Å². The fourth-order valence-electron chi connectivity index (χ4n) is 5.26. The molecule has 0 aromatic rings. The number of carbonyl (C=O) groups is 2. The van der Waals surface area contributed by atoms with Gasteiger partial charge in [0.05, 0.1) is 13.2 Å². The summed E-state index contributed by atoms with van der Waals surface area (Å²) < 4.78 is 33.4. The summed E-state index contributed by atoms with van der Waals surface area (Å²) in [5, 5.41) is 0. The molecule has 0 aliphatic carbocycles. The minimum atomic E-state index is -4.39. The smallest absolute Gasteiger partial charge is 0.462 e. The largest absolute Gasteiger partial charge is 0.472 e. The second-order valence-corrected chi connectivity index (χ2v) is 16.0. The van der Waals surface area contributed by atoms with E-state index in [2.05, 4.69) is 98.9 Å². The molecule has 0 aliphatic rings. The number of unbranched alkanes of at least 4 members (excludes halogenated alkanes) is 11. The topological polar surface area (TPSA) is 112 Å². The monoisotopic (exact) mass is 818 g/mol. The van der Waals surface area contributed by atoms with Crippen molar-refractivity contribution < 1.29 is 37.6 Å². The number of allylic oxidation sites excluding steroid dienone is 14. The number of carbonyl (C=O) groups excluding carboxylic acids is 2. The molecule has 0 saturated heterocycles. The molecule has 0 radical (unpaired) electrons. The highest BCUT2D eigenvalue weighted by molar-refractivity contribution is 7.47. The van der Waals surface area contributed by atoms with E-state index in [0.717, 1.165) is 70.6 Å². The van der Waals surface area contributed by atoms with Crippen LogP contribution in [0.25, 0.3) is 0 Å². The van der Waals surface area contributed by atoms with Crippen LogP contribution < -0.4 is 0 Å². The average molecular weight is 818 g/mol. The number of hydrogen-bond donors (Lipinski definition) is 1. The SMILES string of the molecule is CCCCC/C=C\C/C=C\C/C=C\C/C=C\CCCCCC(=O)OC(COC(=O)CCCC/C=C\C/C=C\C/C=C\CCCCC)COP(=O)(O)OCCN(C)C. The van der Waals surface area contributed by atoms with Crippen molar-refractivity contribution in [2.24, 2.45) is 0 Å². The number of likely N-dealkylation sites (N-methyl/N-ethyl adjacent to an activating group) is 1. The maximum absolute atomic E-state index is 12.7. The lowest BCUT2D eigenvalue weighted by atomic mass is 10.1. The standard InChI is InChI=1S/C47H80NO8P/c1-5-7-9-11-13-15-17-19-21-22-23-24-26-28-30-32-34-36-38-40-47(50)56-45(44-55-57(51,52)54-42-41-48(3)4)43-53-46(49)39-37-35-33-31-29-27-25-20-18-16-14-12-10-8-6-2/h13-16,19-21,23-25,28-31,45H,5-12,17-18,22,26-27,32-44H2,1-4H3,(H,51,52)/b15-13-,16-14-,21-19-,24-23-,25-20-,30-28-,31-29-. The van der Waals surface area contributed by atoms with Crippen molar-refractivity contribution in [2.45, 2.75) is 161 Å². The summed E-state index contributed by atoms with van der Waals surface area (Å²) in [5.74, 6) is -0.892. The van der Waals surface area contributed by atoms with Crippen molar-refractivity contribution >= 4 is 19.8 Å². The van der Waals surface area contributed by atoms with Crippen LogP contribution >= 0.6 is 7.82 Å². The maximum atomic E-state index is 12.7. The molecule has 1 N–H and O–H groups in total. The molecule has 0 heterocycles. The first-order valence-electron chi connectivity index (χ1n) is 21.9. The fourth-order valence-corrected chi connectivity index (χ4v) is 6.00. The fraction of sp³-hybridized carbons (Fsp3) is 0.660. The summed E-state index contributed by atoms with van der Waals surface area (Å²) in [6, 6.07) is 0. The van der Waals surface area contributed by atoms with Crippen molar-refractivity contribution in [3.63, 3.8) is 0 Å². The number of nitrogens with zero attached hydrogens (tertiary/aromatic N) is 1. The Morgan fingerprint density at radius 3 is 1.40 bits per heavy atom. The zero-order valence-corrected chi connectivity index (χ0v) is 37.1. The van der Waals surface area contributed by atoms with Gasteiger partial charge in [-0.1, -0.05) is 131 Å². The predicted octanol–water partition coefficient (Wildman–Crippen LogP) is 12.7. The molecule has 0 saturated carbocycles. The summed E-state index contributed by atoms with van der Waals surface area (Å²) in [6.07, 6.45) is 50.6. The van der Waals surface area contributed by atoms with E-state index in [1.165, 1.54) is 44.9 Å². The summed E-state index contributed by atoms with van der Waals surface area (Å²) in [5.41, 5.74) is 0. The highest BCUT2D eigenvalue weighted by Gasteiger charge is 2.26. The van der Waals surface area contributed by atoms with Gasteiger partial charge < -0.3 is 19.3 Å². The van der Waals surface area contributed by atoms with Crippen molar-refractivity contribution in [3.05, 3.63) is 85.1 Å². The van der Waals surface area contributed by atoms with Gasteiger partial charge in [-0.2, -0.15) is 0 Å². The average Bonchev–Trinajstić information content (AvgIpc) is 3.18. The first kappa shape index (κ1) is 54.2. The van der Waals surface area contributed by atoms with E-state index in [9.17, 15) is 19.0 Å². The number of hydrogen-bond acceptors (Lipinski definition) is 8. The zero-order valence-electron chi connectivity index (χ0n) is 36.2. The molecular formula is C47H80NO8P. The molecule has 0 spiro atoms. The Morgan fingerprint density at radius 2 is 0.947 bits per heavy atom. The van der Waals surface area contributed by atoms with Gasteiger partial charge in [0.25, 0.3) is 0 Å². The van der Waals surface area contributed by atoms with Crippen LogP contribution in [-0.4, -0.2) is 68.3 Å². The molecule has 0 rings (SSSR count). The predicted molar refractivity (Wildman–Crippen MR) is 238 cm³/mol. The Morgan fingerprint density at radius 1 is 0.544 bits per heavy atom. The minimum absolute atomic E-state index is 0.00990. The molecule has 0 aromatic carbocycles. The third-order valence-corrected chi connectivity index (χ3v) is 9.66. The summed E-state index contributed by atoms with van der Waals surface area (Å²) in [6.45, 7) is 4.16. The molecule has 0 aliphatic heterocycles. The minimum Gasteiger partial charge on any atom is -0.462 e. The van der Waals surface area contributed by atoms with Crippen molar-refractivity contribution in [2.75, 3.05) is 40.5 Å². The van der Waals surface area contributed by atoms with Crippen LogP contribution in [0.1, 0.15) is 155 Å². The molecule has 326 valence electrons. The third kappa shape index (κ3) is 42.6. The van der Waals surface area contributed by atoms with Crippen LogP contribution in [0.15, 0.2) is 85.1 Å². The third-order valence-electron chi connectivity index (χ3n) is 8.67. The van der Waals surface area contributed by atoms with E-state index in [0.29, 0.717) is 19.4 Å². The Kier molecular flexibility index (Phi) is 39.3. The number of phosphoric acid groups is 1. The van der Waals surface area contributed by atoms with Gasteiger partial charge in [-0.05, 0) is 110 Å². The van der Waals surface area contributed by atoms with Crippen LogP contribution in [0.3, 0.4) is 0 Å². The van der Waals surface area contributed by atoms with E-state index in [1.807, 2.05) is 14.1 Å². The Bertz CT molecular complexity index is 1220. The lowest BCUT2D eigenvalue weighted by Gasteiger charge is -2.20. The molecule has 2 atom stereocenters. The first-order chi connectivity index (χ1) is 27.7. The van der Waals surface area contributed by atoms with Gasteiger partial charge in [-0.25, -0.2) is 4.57 Å². The molecule has 0 aromatic heterocycles. The van der Waals surface area contributed by atoms with Gasteiger partial charge >= 0.3 is 19.8 Å². The van der Waals surface area contributed by atoms with Crippen molar-refractivity contribution in [1.29, 1.82) is 0 Å². The summed E-state index contributed by atoms with van der Waals surface area (Å²) in [7, 11) is -0.758. The van der Waals surface area contributed by atoms with Crippen LogP contribution in [0.2, 0.25) is 0 Å². The van der Waals surface area contributed by atoms with E-state index in [1.54, 1.807) is 4.90 Å². The van der Waals surface area contributed by atoms with Crippen LogP contribution in [0, 0.1) is 0 Å². The second-order valence-electron chi connectivity index (χ2n) is 14.5. The van der Waals surface area contributed by atoms with Crippen molar-refractivity contribution in [1.82, 2.24) is 4.90 Å². The maximum Gasteiger partial charge on any atom is 0.472 e. The highest BCUT2D eigenvalue weighted by Crippen LogP contribution is 2.43. The van der Waals surface area contributed by atoms with Gasteiger partial charge in [0.1, 0.15) is 6.61 Å². The van der Waals surface area contributed by atoms with Gasteiger partial charge in [0.15, 0.2) is 6.10 Å². The van der Waals surface area contributed by atoms with Gasteiger partial charge in [-0.3, -0.25) is 18.6 Å². The van der Waals surface area contributed by atoms with Crippen LogP contribution in [-0.2, 0) is 32.7 Å². The first-order valence-corrected chi connectivity index (χ1v) is 23.4. The van der Waals surface area contributed by atoms with Gasteiger partial charge in [-0.15, -0.1) is 0 Å². The molecule has 0 amide bonds. The van der Waals surface area contributed by atoms with Crippen molar-refractivity contribution in [3.8, 4) is 0 Å². The number of phosphoric ester groups is 1. The van der Waals surface area contributed by atoms with Gasteiger partial charge in [0.2, 0.25) is 0 Å². The summed E-state index contributed by atoms with van der Waals surface area (Å²) in [4.78, 5) is 37.0. The lowest BCUT2D eigenvalue weighted by molar-refractivity contribution is -0.161. The molecule has 0 bridgehead atoms. The molecular weight excluding hydrogens is 737 g/mol. The van der Waals surface area contributed by atoms with Gasteiger partial charge in [0, 0.05) is 19.4 Å². The number of ether oxygens (including phenoxy) is 2. The number of rotatable bonds is 39. The Labute approximate surface area is 348 Å². The van der Waals surface area contributed by atoms with E-state index < -0.39 is 32.5 Å². The van der Waals surface area contributed by atoms with E-state index in [4.69, 9.17) is 18.5 Å². The molecule has 0 fully saturated rings. The highest BCUT2D eigenvalue weighted by atomic mass is 31.2. The molecule has 9 nitrogen and oxygen atoms in total. The normalized spacial score (nSPS) is 14.2. The summed E-state index contributed by atoms with van der Waals surface area (Å²) >= 11 is 0. The Hall–Kier alpha value is -2.81. The Balaban J connectivity index is 4.44. The van der Waals surface area contributed by atoms with E-state index >= 15 is 0 Å². The lowest BCUT2D eigenvalue weighted by Crippen LogP contribution is -2.29. The number of esters is 2. The molecule has 57 heavy (non-hydrogen) atoms. The van der Waals surface area contributed by atoms with E-state index in [-0.39, 0.29) is 26.1 Å².